The van der Waals surface area contributed by atoms with E-state index in [2.05, 4.69) is 23.5 Å². The van der Waals surface area contributed by atoms with Gasteiger partial charge in [-0.05, 0) is 74.1 Å². The molecule has 0 heterocycles. The van der Waals surface area contributed by atoms with E-state index in [0.717, 1.165) is 5.75 Å². The predicted octanol–water partition coefficient (Wildman–Crippen LogP) is 2.45. The van der Waals surface area contributed by atoms with Crippen LogP contribution in [0.5, 0.6) is 5.75 Å². The molecular formula is C18H25NO2. The van der Waals surface area contributed by atoms with Crippen LogP contribution in [0.2, 0.25) is 0 Å². The monoisotopic (exact) mass is 287 g/mol. The van der Waals surface area contributed by atoms with E-state index in [-0.39, 0.29) is 12.1 Å². The van der Waals surface area contributed by atoms with Crippen molar-refractivity contribution in [2.24, 2.45) is 5.92 Å². The Kier molecular flexibility index (Phi) is 3.43. The van der Waals surface area contributed by atoms with Crippen LogP contribution < -0.4 is 10.1 Å². The molecule has 0 radical (unpaired) electrons. The Hall–Kier alpha value is -1.06. The molecule has 1 aromatic carbocycles. The molecule has 0 spiro atoms. The SMILES string of the molecule is OCC(COc1ccc2c(c1)CCC2)(NC1CC1)C1CC1. The summed E-state index contributed by atoms with van der Waals surface area (Å²) in [7, 11) is 0. The maximum absolute atomic E-state index is 9.95. The lowest BCUT2D eigenvalue weighted by Gasteiger charge is -2.33. The van der Waals surface area contributed by atoms with Gasteiger partial charge in [0.05, 0.1) is 12.1 Å². The first kappa shape index (κ1) is 13.6. The number of nitrogens with one attached hydrogen (secondary N) is 1. The van der Waals surface area contributed by atoms with E-state index in [4.69, 9.17) is 4.74 Å². The molecule has 2 N–H and O–H groups in total. The predicted molar refractivity (Wildman–Crippen MR) is 82.7 cm³/mol. The number of hydrogen-bond donors (Lipinski definition) is 2. The van der Waals surface area contributed by atoms with Gasteiger partial charge in [-0.2, -0.15) is 0 Å². The van der Waals surface area contributed by atoms with E-state index < -0.39 is 0 Å². The van der Waals surface area contributed by atoms with Crippen LogP contribution in [0.25, 0.3) is 0 Å². The van der Waals surface area contributed by atoms with Crippen molar-refractivity contribution in [3.63, 3.8) is 0 Å². The fourth-order valence-electron chi connectivity index (χ4n) is 3.62. The van der Waals surface area contributed by atoms with Crippen molar-refractivity contribution >= 4 is 0 Å². The van der Waals surface area contributed by atoms with Gasteiger partial charge in [-0.1, -0.05) is 6.07 Å². The molecule has 3 heteroatoms. The Bertz CT molecular complexity index is 522. The molecule has 0 saturated heterocycles. The van der Waals surface area contributed by atoms with Gasteiger partial charge >= 0.3 is 0 Å². The standard InChI is InChI=1S/C18H25NO2/c20-11-18(15-5-6-15,19-16-7-8-16)12-21-17-9-4-13-2-1-3-14(13)10-17/h4,9-10,15-16,19-20H,1-3,5-8,11-12H2. The Balaban J connectivity index is 1.45. The van der Waals surface area contributed by atoms with Crippen molar-refractivity contribution in [2.75, 3.05) is 13.2 Å². The molecule has 3 nitrogen and oxygen atoms in total. The summed E-state index contributed by atoms with van der Waals surface area (Å²) in [5.41, 5.74) is 2.71. The summed E-state index contributed by atoms with van der Waals surface area (Å²) in [4.78, 5) is 0. The topological polar surface area (TPSA) is 41.5 Å². The molecule has 0 amide bonds. The lowest BCUT2D eigenvalue weighted by atomic mass is 9.95. The highest BCUT2D eigenvalue weighted by Crippen LogP contribution is 2.42. The maximum Gasteiger partial charge on any atom is 0.119 e. The summed E-state index contributed by atoms with van der Waals surface area (Å²) in [6.45, 7) is 0.766. The summed E-state index contributed by atoms with van der Waals surface area (Å²) < 4.78 is 6.10. The lowest BCUT2D eigenvalue weighted by molar-refractivity contribution is 0.0831. The highest BCUT2D eigenvalue weighted by Gasteiger charge is 2.48. The molecule has 2 saturated carbocycles. The first-order valence-electron chi connectivity index (χ1n) is 8.42. The number of aryl methyl sites for hydroxylation is 2. The summed E-state index contributed by atoms with van der Waals surface area (Å²) in [5.74, 6) is 1.55. The Morgan fingerprint density at radius 3 is 2.67 bits per heavy atom. The molecule has 114 valence electrons. The van der Waals surface area contributed by atoms with Gasteiger partial charge in [0, 0.05) is 6.04 Å². The van der Waals surface area contributed by atoms with Gasteiger partial charge in [0.25, 0.3) is 0 Å². The van der Waals surface area contributed by atoms with Gasteiger partial charge in [0.1, 0.15) is 12.4 Å². The average molecular weight is 287 g/mol. The molecule has 21 heavy (non-hydrogen) atoms. The van der Waals surface area contributed by atoms with Crippen molar-refractivity contribution < 1.29 is 9.84 Å². The molecular weight excluding hydrogens is 262 g/mol. The molecule has 2 fully saturated rings. The number of aliphatic hydroxyl groups excluding tert-OH is 1. The molecule has 3 aliphatic carbocycles. The van der Waals surface area contributed by atoms with Crippen LogP contribution in [0.1, 0.15) is 43.2 Å². The van der Waals surface area contributed by atoms with E-state index in [1.165, 1.54) is 56.1 Å². The van der Waals surface area contributed by atoms with Gasteiger partial charge < -0.3 is 15.2 Å². The van der Waals surface area contributed by atoms with Crippen LogP contribution in [-0.4, -0.2) is 29.9 Å². The van der Waals surface area contributed by atoms with Gasteiger partial charge in [-0.15, -0.1) is 0 Å². The zero-order valence-corrected chi connectivity index (χ0v) is 12.6. The fourth-order valence-corrected chi connectivity index (χ4v) is 3.62. The minimum absolute atomic E-state index is 0.180. The highest BCUT2D eigenvalue weighted by atomic mass is 16.5. The summed E-state index contributed by atoms with van der Waals surface area (Å²) in [6.07, 6.45) is 8.58. The van der Waals surface area contributed by atoms with E-state index in [0.29, 0.717) is 18.6 Å². The van der Waals surface area contributed by atoms with E-state index in [1.807, 2.05) is 0 Å². The second-order valence-electron chi connectivity index (χ2n) is 7.08. The quantitative estimate of drug-likeness (QED) is 0.809. The summed E-state index contributed by atoms with van der Waals surface area (Å²) in [6, 6.07) is 7.11. The fraction of sp³-hybridized carbons (Fsp3) is 0.667. The van der Waals surface area contributed by atoms with Crippen LogP contribution in [-0.2, 0) is 12.8 Å². The molecule has 0 bridgehead atoms. The molecule has 0 aromatic heterocycles. The van der Waals surface area contributed by atoms with Crippen LogP contribution in [0.4, 0.5) is 0 Å². The molecule has 1 aromatic rings. The number of fused-ring (bicyclic) bond motifs is 1. The van der Waals surface area contributed by atoms with Gasteiger partial charge in [-0.3, -0.25) is 0 Å². The zero-order chi connectivity index (χ0) is 14.3. The third kappa shape index (κ3) is 2.82. The van der Waals surface area contributed by atoms with Gasteiger partial charge in [0.15, 0.2) is 0 Å². The second kappa shape index (κ2) is 5.29. The van der Waals surface area contributed by atoms with Crippen molar-refractivity contribution in [3.05, 3.63) is 29.3 Å². The first-order chi connectivity index (χ1) is 10.3. The minimum Gasteiger partial charge on any atom is -0.492 e. The number of ether oxygens (including phenoxy) is 1. The molecule has 1 unspecified atom stereocenters. The van der Waals surface area contributed by atoms with Crippen molar-refractivity contribution in [1.82, 2.24) is 5.32 Å². The van der Waals surface area contributed by atoms with Crippen LogP contribution in [0, 0.1) is 5.92 Å². The van der Waals surface area contributed by atoms with Crippen molar-refractivity contribution in [3.8, 4) is 5.75 Å². The average Bonchev–Trinajstić information content (AvgIpc) is 3.42. The normalized spacial score (nSPS) is 23.7. The molecule has 0 aliphatic heterocycles. The van der Waals surface area contributed by atoms with Gasteiger partial charge in [0.2, 0.25) is 0 Å². The zero-order valence-electron chi connectivity index (χ0n) is 12.6. The molecule has 4 rings (SSSR count). The third-order valence-corrected chi connectivity index (χ3v) is 5.28. The van der Waals surface area contributed by atoms with E-state index in [9.17, 15) is 5.11 Å². The lowest BCUT2D eigenvalue weighted by Crippen LogP contribution is -2.56. The number of aliphatic hydroxyl groups is 1. The first-order valence-corrected chi connectivity index (χ1v) is 8.42. The van der Waals surface area contributed by atoms with Crippen LogP contribution >= 0.6 is 0 Å². The van der Waals surface area contributed by atoms with Crippen LogP contribution in [0.3, 0.4) is 0 Å². The van der Waals surface area contributed by atoms with Crippen molar-refractivity contribution in [2.45, 2.75) is 56.5 Å². The molecule has 1 atom stereocenters. The highest BCUT2D eigenvalue weighted by molar-refractivity contribution is 5.38. The van der Waals surface area contributed by atoms with Gasteiger partial charge in [-0.25, -0.2) is 0 Å². The van der Waals surface area contributed by atoms with Crippen molar-refractivity contribution in [1.29, 1.82) is 0 Å². The number of benzene rings is 1. The smallest absolute Gasteiger partial charge is 0.119 e. The Labute approximate surface area is 126 Å². The maximum atomic E-state index is 9.95. The Morgan fingerprint density at radius 1 is 1.14 bits per heavy atom. The summed E-state index contributed by atoms with van der Waals surface area (Å²) >= 11 is 0. The largest absolute Gasteiger partial charge is 0.492 e. The van der Waals surface area contributed by atoms with Crippen LogP contribution in [0.15, 0.2) is 18.2 Å². The minimum atomic E-state index is -0.222. The number of hydrogen-bond acceptors (Lipinski definition) is 3. The van der Waals surface area contributed by atoms with E-state index in [1.54, 1.807) is 0 Å². The third-order valence-electron chi connectivity index (χ3n) is 5.28. The molecule has 3 aliphatic rings. The van der Waals surface area contributed by atoms with E-state index >= 15 is 0 Å². The number of rotatable bonds is 7. The summed E-state index contributed by atoms with van der Waals surface area (Å²) in [5, 5.41) is 13.6. The Morgan fingerprint density at radius 2 is 1.95 bits per heavy atom. The second-order valence-corrected chi connectivity index (χ2v) is 7.08.